The van der Waals surface area contributed by atoms with E-state index in [1.807, 2.05) is 12.1 Å². The molecule has 2 rings (SSSR count). The maximum atomic E-state index is 12.5. The SMILES string of the molecule is CCN(Cc1ccc(N)cc1)S(=O)(=O)c1cnc(C)[nH]1. The second-order valence-electron chi connectivity index (χ2n) is 4.51. The van der Waals surface area contributed by atoms with Crippen LogP contribution in [0, 0.1) is 6.92 Å². The molecule has 0 fully saturated rings. The Morgan fingerprint density at radius 3 is 2.45 bits per heavy atom. The van der Waals surface area contributed by atoms with Gasteiger partial charge in [0.1, 0.15) is 5.82 Å². The van der Waals surface area contributed by atoms with Crippen LogP contribution in [0.15, 0.2) is 35.5 Å². The summed E-state index contributed by atoms with van der Waals surface area (Å²) in [7, 11) is -3.55. The van der Waals surface area contributed by atoms with Crippen molar-refractivity contribution in [3.8, 4) is 0 Å². The van der Waals surface area contributed by atoms with E-state index in [0.29, 0.717) is 24.6 Å². The lowest BCUT2D eigenvalue weighted by Gasteiger charge is -2.19. The van der Waals surface area contributed by atoms with Gasteiger partial charge in [-0.05, 0) is 24.6 Å². The molecule has 2 aromatic rings. The first kappa shape index (κ1) is 14.5. The van der Waals surface area contributed by atoms with Crippen LogP contribution in [0.1, 0.15) is 18.3 Å². The highest BCUT2D eigenvalue weighted by molar-refractivity contribution is 7.89. The van der Waals surface area contributed by atoms with Crippen molar-refractivity contribution in [2.75, 3.05) is 12.3 Å². The van der Waals surface area contributed by atoms with Crippen LogP contribution < -0.4 is 5.73 Å². The molecule has 20 heavy (non-hydrogen) atoms. The molecule has 0 atom stereocenters. The van der Waals surface area contributed by atoms with Crippen LogP contribution in [0.2, 0.25) is 0 Å². The fraction of sp³-hybridized carbons (Fsp3) is 0.308. The number of nitrogens with one attached hydrogen (secondary N) is 1. The molecule has 0 aliphatic rings. The van der Waals surface area contributed by atoms with Gasteiger partial charge in [-0.1, -0.05) is 19.1 Å². The molecule has 0 saturated carbocycles. The number of anilines is 1. The van der Waals surface area contributed by atoms with E-state index in [1.165, 1.54) is 10.5 Å². The lowest BCUT2D eigenvalue weighted by Crippen LogP contribution is -2.30. The van der Waals surface area contributed by atoms with Crippen molar-refractivity contribution in [1.82, 2.24) is 14.3 Å². The summed E-state index contributed by atoms with van der Waals surface area (Å²) >= 11 is 0. The van der Waals surface area contributed by atoms with Crippen molar-refractivity contribution in [2.45, 2.75) is 25.4 Å². The van der Waals surface area contributed by atoms with E-state index in [4.69, 9.17) is 5.73 Å². The Balaban J connectivity index is 2.25. The molecule has 0 amide bonds. The zero-order chi connectivity index (χ0) is 14.8. The van der Waals surface area contributed by atoms with Crippen molar-refractivity contribution in [3.63, 3.8) is 0 Å². The number of aromatic amines is 1. The fourth-order valence-corrected chi connectivity index (χ4v) is 3.26. The summed E-state index contributed by atoms with van der Waals surface area (Å²) in [6.45, 7) is 4.20. The third-order valence-electron chi connectivity index (χ3n) is 2.99. The van der Waals surface area contributed by atoms with Gasteiger partial charge in [0.05, 0.1) is 6.20 Å². The van der Waals surface area contributed by atoms with Crippen molar-refractivity contribution < 1.29 is 8.42 Å². The molecule has 0 aliphatic carbocycles. The number of aryl methyl sites for hydroxylation is 1. The van der Waals surface area contributed by atoms with Crippen molar-refractivity contribution in [1.29, 1.82) is 0 Å². The maximum absolute atomic E-state index is 12.5. The molecule has 0 radical (unpaired) electrons. The molecule has 0 aliphatic heterocycles. The van der Waals surface area contributed by atoms with Gasteiger partial charge in [-0.15, -0.1) is 0 Å². The Morgan fingerprint density at radius 2 is 1.95 bits per heavy atom. The second-order valence-corrected chi connectivity index (χ2v) is 6.41. The van der Waals surface area contributed by atoms with Gasteiger partial charge in [0.15, 0.2) is 5.03 Å². The van der Waals surface area contributed by atoms with Crippen LogP contribution in [0.5, 0.6) is 0 Å². The molecule has 0 bridgehead atoms. The molecule has 0 saturated heterocycles. The molecular formula is C13H18N4O2S. The van der Waals surface area contributed by atoms with Gasteiger partial charge in [0.25, 0.3) is 10.0 Å². The Labute approximate surface area is 118 Å². The second kappa shape index (κ2) is 5.64. The molecule has 0 spiro atoms. The first-order valence-electron chi connectivity index (χ1n) is 6.29. The Bertz CT molecular complexity index is 677. The van der Waals surface area contributed by atoms with E-state index >= 15 is 0 Å². The molecule has 0 unspecified atom stereocenters. The van der Waals surface area contributed by atoms with Gasteiger partial charge in [-0.2, -0.15) is 4.31 Å². The van der Waals surface area contributed by atoms with E-state index < -0.39 is 10.0 Å². The summed E-state index contributed by atoms with van der Waals surface area (Å²) in [4.78, 5) is 6.71. The minimum Gasteiger partial charge on any atom is -0.399 e. The lowest BCUT2D eigenvalue weighted by atomic mass is 10.2. The summed E-state index contributed by atoms with van der Waals surface area (Å²) in [6.07, 6.45) is 1.34. The largest absolute Gasteiger partial charge is 0.399 e. The quantitative estimate of drug-likeness (QED) is 0.818. The maximum Gasteiger partial charge on any atom is 0.260 e. The summed E-state index contributed by atoms with van der Waals surface area (Å²) < 4.78 is 26.4. The fourth-order valence-electron chi connectivity index (χ4n) is 1.86. The number of H-pyrrole nitrogens is 1. The standard InChI is InChI=1S/C13H18N4O2S/c1-3-17(9-11-4-6-12(14)7-5-11)20(18,19)13-8-15-10(2)16-13/h4-8H,3,9,14H2,1-2H3,(H,15,16). The molecule has 1 heterocycles. The predicted octanol–water partition coefficient (Wildman–Crippen LogP) is 1.51. The highest BCUT2D eigenvalue weighted by Crippen LogP contribution is 2.17. The highest BCUT2D eigenvalue weighted by Gasteiger charge is 2.24. The highest BCUT2D eigenvalue weighted by atomic mass is 32.2. The third kappa shape index (κ3) is 3.00. The minimum absolute atomic E-state index is 0.118. The summed E-state index contributed by atoms with van der Waals surface area (Å²) in [5, 5.41) is 0.118. The van der Waals surface area contributed by atoms with Gasteiger partial charge < -0.3 is 10.7 Å². The summed E-state index contributed by atoms with van der Waals surface area (Å²) in [6, 6.07) is 7.17. The molecule has 1 aromatic carbocycles. The summed E-state index contributed by atoms with van der Waals surface area (Å²) in [5.74, 6) is 0.576. The number of hydrogen-bond donors (Lipinski definition) is 2. The van der Waals surface area contributed by atoms with Crippen LogP contribution in [0.25, 0.3) is 0 Å². The average Bonchev–Trinajstić information content (AvgIpc) is 2.85. The van der Waals surface area contributed by atoms with Crippen LogP contribution >= 0.6 is 0 Å². The molecular weight excluding hydrogens is 276 g/mol. The molecule has 7 heteroatoms. The van der Waals surface area contributed by atoms with E-state index in [-0.39, 0.29) is 5.03 Å². The first-order chi connectivity index (χ1) is 9.43. The Kier molecular flexibility index (Phi) is 4.10. The number of hydrogen-bond acceptors (Lipinski definition) is 4. The zero-order valence-electron chi connectivity index (χ0n) is 11.5. The Morgan fingerprint density at radius 1 is 1.30 bits per heavy atom. The van der Waals surface area contributed by atoms with Gasteiger partial charge in [-0.25, -0.2) is 13.4 Å². The van der Waals surface area contributed by atoms with Crippen LogP contribution in [-0.2, 0) is 16.6 Å². The molecule has 3 N–H and O–H groups in total. The van der Waals surface area contributed by atoms with Gasteiger partial charge in [0.2, 0.25) is 0 Å². The van der Waals surface area contributed by atoms with Crippen LogP contribution in [0.3, 0.4) is 0 Å². The molecule has 108 valence electrons. The number of benzene rings is 1. The van der Waals surface area contributed by atoms with E-state index in [9.17, 15) is 8.42 Å². The van der Waals surface area contributed by atoms with Crippen molar-refractivity contribution in [2.24, 2.45) is 0 Å². The number of nitrogens with zero attached hydrogens (tertiary/aromatic N) is 2. The van der Waals surface area contributed by atoms with Gasteiger partial charge in [0, 0.05) is 18.8 Å². The number of rotatable bonds is 5. The normalized spacial score (nSPS) is 11.9. The smallest absolute Gasteiger partial charge is 0.260 e. The molecule has 6 nitrogen and oxygen atoms in total. The average molecular weight is 294 g/mol. The van der Waals surface area contributed by atoms with Crippen molar-refractivity contribution in [3.05, 3.63) is 41.9 Å². The van der Waals surface area contributed by atoms with Crippen molar-refractivity contribution >= 4 is 15.7 Å². The number of nitrogens with two attached hydrogens (primary N) is 1. The predicted molar refractivity (Wildman–Crippen MR) is 77.4 cm³/mol. The van der Waals surface area contributed by atoms with E-state index in [2.05, 4.69) is 9.97 Å². The monoisotopic (exact) mass is 294 g/mol. The van der Waals surface area contributed by atoms with Crippen LogP contribution in [0.4, 0.5) is 5.69 Å². The topological polar surface area (TPSA) is 92.1 Å². The number of imidazole rings is 1. The zero-order valence-corrected chi connectivity index (χ0v) is 12.3. The van der Waals surface area contributed by atoms with E-state index in [1.54, 1.807) is 26.0 Å². The summed E-state index contributed by atoms with van der Waals surface area (Å²) in [5.41, 5.74) is 7.17. The first-order valence-corrected chi connectivity index (χ1v) is 7.73. The number of sulfonamides is 1. The Hall–Kier alpha value is -1.86. The van der Waals surface area contributed by atoms with Gasteiger partial charge in [-0.3, -0.25) is 0 Å². The number of nitrogen functional groups attached to an aromatic ring is 1. The third-order valence-corrected chi connectivity index (χ3v) is 4.82. The number of aromatic nitrogens is 2. The van der Waals surface area contributed by atoms with Crippen LogP contribution in [-0.4, -0.2) is 29.2 Å². The minimum atomic E-state index is -3.55. The van der Waals surface area contributed by atoms with Gasteiger partial charge >= 0.3 is 0 Å². The molecule has 1 aromatic heterocycles. The lowest BCUT2D eigenvalue weighted by molar-refractivity contribution is 0.421. The van der Waals surface area contributed by atoms with E-state index in [0.717, 1.165) is 5.56 Å².